The van der Waals surface area contributed by atoms with Crippen LogP contribution in [-0.4, -0.2) is 71.4 Å². The molecule has 7 heteroatoms. The van der Waals surface area contributed by atoms with Crippen molar-refractivity contribution in [3.63, 3.8) is 0 Å². The minimum Gasteiger partial charge on any atom is -0.478 e. The smallest absolute Gasteiger partial charge is 0.335 e. The monoisotopic (exact) mass is 1130 g/mol. The van der Waals surface area contributed by atoms with Gasteiger partial charge in [0.1, 0.15) is 0 Å². The van der Waals surface area contributed by atoms with Gasteiger partial charge in [-0.25, -0.2) is 9.59 Å². The minimum absolute atomic E-state index is 0.241. The van der Waals surface area contributed by atoms with E-state index in [1.54, 1.807) is 86.4 Å². The third-order valence-electron chi connectivity index (χ3n) is 16.9. The number of carbonyl (C=O) groups is 2. The van der Waals surface area contributed by atoms with Gasteiger partial charge in [-0.1, -0.05) is 64.1 Å². The van der Waals surface area contributed by atoms with Crippen LogP contribution in [0.5, 0.6) is 0 Å². The Balaban J connectivity index is 0.00000115. The maximum Gasteiger partial charge on any atom is 0.335 e. The SMILES string of the molecule is CCCCCCCCCCCCCCCC[PH](CCCC)(CCCC)CCCC.CCCCCCCCCCCCCCCC[PH](CCCC)(CCCC)CCCC.O=C(O)c1ccc(Sc2ccc(C(=O)O)cc2)cc1. The Morgan fingerprint density at radius 1 is 0.273 bits per heavy atom. The molecule has 0 heterocycles. The summed E-state index contributed by atoms with van der Waals surface area (Å²) >= 11 is 1.44. The molecule has 0 saturated heterocycles. The Labute approximate surface area is 486 Å². The molecule has 4 nitrogen and oxygen atoms in total. The van der Waals surface area contributed by atoms with E-state index in [0.717, 1.165) is 9.79 Å². The number of rotatable bonds is 52. The Morgan fingerprint density at radius 3 is 0.623 bits per heavy atom. The van der Waals surface area contributed by atoms with Gasteiger partial charge >= 0.3 is 336 Å². The Morgan fingerprint density at radius 2 is 0.442 bits per heavy atom. The number of carboxylic acids is 2. The van der Waals surface area contributed by atoms with Gasteiger partial charge in [0.05, 0.1) is 11.1 Å². The number of unbranched alkanes of at least 4 members (excludes halogenated alkanes) is 32. The summed E-state index contributed by atoms with van der Waals surface area (Å²) in [4.78, 5) is 23.2. The van der Waals surface area contributed by atoms with Crippen molar-refractivity contribution in [2.75, 3.05) is 49.3 Å². The molecule has 0 saturated carbocycles. The van der Waals surface area contributed by atoms with Gasteiger partial charge in [-0.05, 0) is 48.5 Å². The van der Waals surface area contributed by atoms with Crippen molar-refractivity contribution in [3.05, 3.63) is 59.7 Å². The maximum atomic E-state index is 10.7. The van der Waals surface area contributed by atoms with Gasteiger partial charge in [-0.15, -0.1) is 0 Å². The molecular formula is C70H132O4P2S. The number of hydrogen-bond acceptors (Lipinski definition) is 3. The molecule has 77 heavy (non-hydrogen) atoms. The van der Waals surface area contributed by atoms with Crippen molar-refractivity contribution in [3.8, 4) is 0 Å². The molecule has 0 aliphatic heterocycles. The van der Waals surface area contributed by atoms with Crippen LogP contribution < -0.4 is 0 Å². The molecule has 0 spiro atoms. The molecule has 0 aromatic heterocycles. The zero-order valence-corrected chi connectivity index (χ0v) is 55.5. The second-order valence-corrected chi connectivity index (χ2v) is 35.2. The van der Waals surface area contributed by atoms with Crippen LogP contribution in [0.2, 0.25) is 0 Å². The summed E-state index contributed by atoms with van der Waals surface area (Å²) in [5, 5.41) is 17.6. The summed E-state index contributed by atoms with van der Waals surface area (Å²) in [7, 11) is -1.92. The molecule has 2 rings (SSSR count). The molecule has 0 unspecified atom stereocenters. The topological polar surface area (TPSA) is 74.6 Å². The largest absolute Gasteiger partial charge is 0.478 e. The predicted molar refractivity (Wildman–Crippen MR) is 357 cm³/mol. The molecule has 2 N–H and O–H groups in total. The fraction of sp³-hybridized carbons (Fsp3) is 0.800. The molecule has 0 radical (unpaired) electrons. The molecule has 2 aromatic rings. The standard InChI is InChI=1S/2C28H61P.C14H10O4S/c2*1-5-9-13-14-15-16-17-18-19-20-21-22-23-24-28-29(25-10-6-2,26-11-7-3)27-12-8-4;15-13(16)9-1-5-11(6-2-9)19-12-7-3-10(4-8-12)14(17)18/h2*29H,5-28H2,1-4H3;1-8H,(H,15,16)(H,17,18). The van der Waals surface area contributed by atoms with Gasteiger partial charge in [0.25, 0.3) is 0 Å². The van der Waals surface area contributed by atoms with E-state index < -0.39 is 26.5 Å². The third kappa shape index (κ3) is 43.9. The summed E-state index contributed by atoms with van der Waals surface area (Å²) in [5.74, 6) is -1.91. The predicted octanol–water partition coefficient (Wildman–Crippen LogP) is 24.5. The quantitative estimate of drug-likeness (QED) is 0.0510. The van der Waals surface area contributed by atoms with Crippen LogP contribution in [0.15, 0.2) is 58.3 Å². The summed E-state index contributed by atoms with van der Waals surface area (Å²) < 4.78 is 0. The Bertz CT molecular complexity index is 1410. The van der Waals surface area contributed by atoms with Gasteiger partial charge in [-0.2, -0.15) is 0 Å². The summed E-state index contributed by atoms with van der Waals surface area (Å²) in [6.07, 6.45) is 72.3. The normalized spacial score (nSPS) is 11.9. The molecule has 0 aliphatic rings. The zero-order valence-electron chi connectivity index (χ0n) is 52.7. The second-order valence-electron chi connectivity index (χ2n) is 24.1. The first-order valence-electron chi connectivity index (χ1n) is 33.9. The average molecular weight is 1130 g/mol. The zero-order chi connectivity index (χ0) is 56.8. The first-order chi connectivity index (χ1) is 37.5. The van der Waals surface area contributed by atoms with Crippen LogP contribution in [0.25, 0.3) is 0 Å². The average Bonchev–Trinajstić information content (AvgIpc) is 3.44. The van der Waals surface area contributed by atoms with Crippen molar-refractivity contribution >= 4 is 38.2 Å². The van der Waals surface area contributed by atoms with E-state index >= 15 is 0 Å². The maximum absolute atomic E-state index is 10.7. The second kappa shape index (κ2) is 55.1. The van der Waals surface area contributed by atoms with Gasteiger partial charge in [0.15, 0.2) is 0 Å². The van der Waals surface area contributed by atoms with Gasteiger partial charge in [-0.3, -0.25) is 0 Å². The van der Waals surface area contributed by atoms with E-state index in [1.807, 2.05) is 0 Å². The van der Waals surface area contributed by atoms with Crippen molar-refractivity contribution in [1.82, 2.24) is 0 Å². The third-order valence-corrected chi connectivity index (χ3v) is 29.3. The number of carboxylic acid groups (broad SMARTS) is 2. The molecule has 2 aromatic carbocycles. The van der Waals surface area contributed by atoms with Crippen LogP contribution in [0, 0.1) is 0 Å². The van der Waals surface area contributed by atoms with Gasteiger partial charge in [0.2, 0.25) is 0 Å². The van der Waals surface area contributed by atoms with E-state index in [1.165, 1.54) is 280 Å². The molecule has 452 valence electrons. The first kappa shape index (κ1) is 75.6. The van der Waals surface area contributed by atoms with Crippen LogP contribution in [0.1, 0.15) is 333 Å². The van der Waals surface area contributed by atoms with Crippen LogP contribution in [0.4, 0.5) is 0 Å². The molecular weight excluding hydrogens is 999 g/mol. The van der Waals surface area contributed by atoms with Gasteiger partial charge in [0, 0.05) is 9.79 Å². The Hall–Kier alpha value is -1.41. The van der Waals surface area contributed by atoms with Crippen molar-refractivity contribution < 1.29 is 19.8 Å². The number of benzene rings is 2. The van der Waals surface area contributed by atoms with Crippen molar-refractivity contribution in [2.45, 2.75) is 322 Å². The Kier molecular flexibility index (Phi) is 54.1. The van der Waals surface area contributed by atoms with Crippen molar-refractivity contribution in [2.24, 2.45) is 0 Å². The molecule has 0 aliphatic carbocycles. The fourth-order valence-corrected chi connectivity index (χ4v) is 24.1. The van der Waals surface area contributed by atoms with E-state index in [-0.39, 0.29) is 11.1 Å². The summed E-state index contributed by atoms with van der Waals surface area (Å²) in [6, 6.07) is 13.0. The first-order valence-corrected chi connectivity index (χ1v) is 40.4. The van der Waals surface area contributed by atoms with E-state index in [9.17, 15) is 9.59 Å². The molecule has 0 atom stereocenters. The van der Waals surface area contributed by atoms with Gasteiger partial charge < -0.3 is 10.2 Å². The van der Waals surface area contributed by atoms with Crippen LogP contribution >= 0.6 is 26.3 Å². The van der Waals surface area contributed by atoms with Crippen LogP contribution in [-0.2, 0) is 0 Å². The molecule has 0 fully saturated rings. The summed E-state index contributed by atoms with van der Waals surface area (Å²) in [6.45, 7) is 19.0. The summed E-state index contributed by atoms with van der Waals surface area (Å²) in [5.41, 5.74) is 0.483. The fourth-order valence-electron chi connectivity index (χ4n) is 11.7. The number of aromatic carboxylic acids is 2. The number of hydrogen-bond donors (Lipinski definition) is 2. The molecule has 0 bridgehead atoms. The van der Waals surface area contributed by atoms with E-state index in [2.05, 4.69) is 55.4 Å². The molecule has 0 amide bonds. The van der Waals surface area contributed by atoms with Crippen molar-refractivity contribution in [1.29, 1.82) is 0 Å². The van der Waals surface area contributed by atoms with Crippen LogP contribution in [0.3, 0.4) is 0 Å². The minimum atomic E-state index is -0.961. The van der Waals surface area contributed by atoms with E-state index in [4.69, 9.17) is 10.2 Å². The van der Waals surface area contributed by atoms with E-state index in [0.29, 0.717) is 0 Å².